The lowest BCUT2D eigenvalue weighted by atomic mass is 10.1. The number of carbonyl (C=O) groups is 2. The Balaban J connectivity index is 1.40. The van der Waals surface area contributed by atoms with Crippen LogP contribution in [0.15, 0.2) is 41.3 Å². The van der Waals surface area contributed by atoms with Crippen molar-refractivity contribution in [1.29, 1.82) is 0 Å². The Labute approximate surface area is 197 Å². The predicted molar refractivity (Wildman–Crippen MR) is 123 cm³/mol. The number of aromatic hydroxyl groups is 2. The van der Waals surface area contributed by atoms with E-state index in [1.54, 1.807) is 4.90 Å². The first-order valence-corrected chi connectivity index (χ1v) is 12.2. The highest BCUT2D eigenvalue weighted by Gasteiger charge is 2.33. The summed E-state index contributed by atoms with van der Waals surface area (Å²) in [5.41, 5.74) is 13.4. The molecule has 2 aliphatic rings. The molecule has 34 heavy (non-hydrogen) atoms. The number of rotatable bonds is 7. The van der Waals surface area contributed by atoms with Crippen molar-refractivity contribution in [3.05, 3.63) is 47.5 Å². The number of nitrogens with zero attached hydrogens (tertiary/aromatic N) is 2. The van der Waals surface area contributed by atoms with E-state index in [4.69, 9.17) is 11.5 Å². The van der Waals surface area contributed by atoms with Gasteiger partial charge < -0.3 is 31.9 Å². The molecular formula is C22H27N5O6S. The molecule has 1 saturated heterocycles. The van der Waals surface area contributed by atoms with Crippen LogP contribution in [-0.2, 0) is 32.7 Å². The topological polar surface area (TPSA) is 179 Å². The SMILES string of the molecule is NC(=O)C[C@H](N)C(=O)N1CC[C@H](Nc2ccc3c(c2)CN(S(=O)(=O)c2ccc(O)cc2O)C3)C1. The van der Waals surface area contributed by atoms with E-state index in [2.05, 4.69) is 5.32 Å². The van der Waals surface area contributed by atoms with Crippen LogP contribution in [0.4, 0.5) is 5.69 Å². The van der Waals surface area contributed by atoms with Crippen LogP contribution in [0.2, 0.25) is 0 Å². The predicted octanol–water partition coefficient (Wildman–Crippen LogP) is 0.0178. The minimum atomic E-state index is -3.96. The average molecular weight is 490 g/mol. The third-order valence-corrected chi connectivity index (χ3v) is 7.91. The smallest absolute Gasteiger partial charge is 0.247 e. The summed E-state index contributed by atoms with van der Waals surface area (Å²) in [6.07, 6.45) is 0.506. The number of hydrogen-bond donors (Lipinski definition) is 5. The fourth-order valence-electron chi connectivity index (χ4n) is 4.34. The highest BCUT2D eigenvalue weighted by molar-refractivity contribution is 7.89. The van der Waals surface area contributed by atoms with Gasteiger partial charge in [0.15, 0.2) is 0 Å². The van der Waals surface area contributed by atoms with Crippen molar-refractivity contribution >= 4 is 27.5 Å². The third-order valence-electron chi connectivity index (χ3n) is 6.07. The molecule has 2 aromatic carbocycles. The van der Waals surface area contributed by atoms with Gasteiger partial charge in [-0.25, -0.2) is 8.42 Å². The molecule has 12 heteroatoms. The molecular weight excluding hydrogens is 462 g/mol. The summed E-state index contributed by atoms with van der Waals surface area (Å²) < 4.78 is 27.3. The zero-order chi connectivity index (χ0) is 24.6. The van der Waals surface area contributed by atoms with Crippen molar-refractivity contribution in [3.63, 3.8) is 0 Å². The van der Waals surface area contributed by atoms with Gasteiger partial charge in [-0.15, -0.1) is 0 Å². The van der Waals surface area contributed by atoms with Crippen LogP contribution in [-0.4, -0.2) is 64.8 Å². The molecule has 0 spiro atoms. The molecule has 0 aliphatic carbocycles. The van der Waals surface area contributed by atoms with Gasteiger partial charge >= 0.3 is 0 Å². The summed E-state index contributed by atoms with van der Waals surface area (Å²) in [6.45, 7) is 1.26. The summed E-state index contributed by atoms with van der Waals surface area (Å²) in [5, 5.41) is 22.8. The van der Waals surface area contributed by atoms with Crippen LogP contribution >= 0.6 is 0 Å². The molecule has 0 aromatic heterocycles. The average Bonchev–Trinajstić information content (AvgIpc) is 3.39. The van der Waals surface area contributed by atoms with Crippen molar-refractivity contribution in [1.82, 2.24) is 9.21 Å². The Hall–Kier alpha value is -3.35. The minimum Gasteiger partial charge on any atom is -0.508 e. The molecule has 11 nitrogen and oxygen atoms in total. The van der Waals surface area contributed by atoms with Gasteiger partial charge in [-0.3, -0.25) is 9.59 Å². The Morgan fingerprint density at radius 2 is 1.85 bits per heavy atom. The second-order valence-electron chi connectivity index (χ2n) is 8.60. The summed E-state index contributed by atoms with van der Waals surface area (Å²) in [5.74, 6) is -1.66. The van der Waals surface area contributed by atoms with Gasteiger partial charge in [0.05, 0.1) is 12.5 Å². The maximum Gasteiger partial charge on any atom is 0.247 e. The second-order valence-corrected chi connectivity index (χ2v) is 10.5. The first-order valence-electron chi connectivity index (χ1n) is 10.8. The second kappa shape index (κ2) is 9.12. The maximum absolute atomic E-state index is 13.0. The lowest BCUT2D eigenvalue weighted by Crippen LogP contribution is -2.45. The van der Waals surface area contributed by atoms with Crippen LogP contribution in [0.25, 0.3) is 0 Å². The van der Waals surface area contributed by atoms with E-state index in [1.165, 1.54) is 16.4 Å². The van der Waals surface area contributed by atoms with Crippen molar-refractivity contribution in [2.24, 2.45) is 11.5 Å². The Morgan fingerprint density at radius 1 is 1.12 bits per heavy atom. The van der Waals surface area contributed by atoms with E-state index in [-0.39, 0.29) is 42.1 Å². The molecule has 2 aliphatic heterocycles. The van der Waals surface area contributed by atoms with Gasteiger partial charge in [0, 0.05) is 44.0 Å². The zero-order valence-corrected chi connectivity index (χ0v) is 19.2. The van der Waals surface area contributed by atoms with E-state index < -0.39 is 27.7 Å². The fourth-order valence-corrected chi connectivity index (χ4v) is 5.80. The first kappa shape index (κ1) is 23.8. The zero-order valence-electron chi connectivity index (χ0n) is 18.3. The highest BCUT2D eigenvalue weighted by Crippen LogP contribution is 2.35. The molecule has 0 saturated carbocycles. The molecule has 0 bridgehead atoms. The monoisotopic (exact) mass is 489 g/mol. The lowest BCUT2D eigenvalue weighted by molar-refractivity contribution is -0.133. The highest BCUT2D eigenvalue weighted by atomic mass is 32.2. The van der Waals surface area contributed by atoms with E-state index in [9.17, 15) is 28.2 Å². The van der Waals surface area contributed by atoms with Gasteiger partial charge in [-0.05, 0) is 41.8 Å². The normalized spacial score (nSPS) is 19.1. The number of hydrogen-bond acceptors (Lipinski definition) is 8. The number of phenolic OH excluding ortho intramolecular Hbond substituents is 2. The van der Waals surface area contributed by atoms with E-state index >= 15 is 0 Å². The number of sulfonamides is 1. The summed E-state index contributed by atoms with van der Waals surface area (Å²) >= 11 is 0. The summed E-state index contributed by atoms with van der Waals surface area (Å²) in [6, 6.07) is 8.02. The molecule has 0 unspecified atom stereocenters. The van der Waals surface area contributed by atoms with Gasteiger partial charge in [0.2, 0.25) is 21.8 Å². The van der Waals surface area contributed by atoms with E-state index in [1.807, 2.05) is 18.2 Å². The van der Waals surface area contributed by atoms with Gasteiger partial charge in [-0.1, -0.05) is 6.07 Å². The van der Waals surface area contributed by atoms with E-state index in [0.29, 0.717) is 19.5 Å². The lowest BCUT2D eigenvalue weighted by Gasteiger charge is -2.21. The Morgan fingerprint density at radius 3 is 2.56 bits per heavy atom. The molecule has 4 rings (SSSR count). The third kappa shape index (κ3) is 4.79. The van der Waals surface area contributed by atoms with Crippen molar-refractivity contribution in [3.8, 4) is 11.5 Å². The van der Waals surface area contributed by atoms with Crippen LogP contribution < -0.4 is 16.8 Å². The number of likely N-dealkylation sites (tertiary alicyclic amines) is 1. The minimum absolute atomic E-state index is 0.0158. The molecule has 7 N–H and O–H groups in total. The molecule has 2 aromatic rings. The molecule has 182 valence electrons. The number of nitrogens with one attached hydrogen (secondary N) is 1. The molecule has 1 fully saturated rings. The van der Waals surface area contributed by atoms with Gasteiger partial charge in [0.1, 0.15) is 16.4 Å². The number of nitrogens with two attached hydrogens (primary N) is 2. The molecule has 2 atom stereocenters. The Kier molecular flexibility index (Phi) is 6.39. The fraction of sp³-hybridized carbons (Fsp3) is 0.364. The Bertz CT molecular complexity index is 1230. The number of phenols is 2. The molecule has 2 amide bonds. The largest absolute Gasteiger partial charge is 0.508 e. The van der Waals surface area contributed by atoms with Gasteiger partial charge in [0.25, 0.3) is 0 Å². The van der Waals surface area contributed by atoms with Crippen molar-refractivity contribution < 1.29 is 28.2 Å². The van der Waals surface area contributed by atoms with Crippen molar-refractivity contribution in [2.45, 2.75) is 42.9 Å². The number of primary amides is 1. The maximum atomic E-state index is 13.0. The number of fused-ring (bicyclic) bond motifs is 1. The van der Waals surface area contributed by atoms with Crippen LogP contribution in [0.3, 0.4) is 0 Å². The molecule has 0 radical (unpaired) electrons. The summed E-state index contributed by atoms with van der Waals surface area (Å²) in [7, 11) is -3.96. The van der Waals surface area contributed by atoms with Crippen LogP contribution in [0, 0.1) is 0 Å². The number of anilines is 1. The van der Waals surface area contributed by atoms with Crippen LogP contribution in [0.1, 0.15) is 24.0 Å². The quantitative estimate of drug-likeness (QED) is 0.361. The number of amides is 2. The number of carbonyl (C=O) groups excluding carboxylic acids is 2. The van der Waals surface area contributed by atoms with Crippen LogP contribution in [0.5, 0.6) is 11.5 Å². The van der Waals surface area contributed by atoms with Gasteiger partial charge in [-0.2, -0.15) is 4.31 Å². The molecule has 2 heterocycles. The van der Waals surface area contributed by atoms with Crippen molar-refractivity contribution in [2.75, 3.05) is 18.4 Å². The first-order chi connectivity index (χ1) is 16.0. The van der Waals surface area contributed by atoms with E-state index in [0.717, 1.165) is 22.9 Å². The summed E-state index contributed by atoms with van der Waals surface area (Å²) in [4.78, 5) is 24.8. The number of benzene rings is 2. The standard InChI is InChI=1S/C22H27N5O6S/c23-18(9-21(24)30)22(31)26-6-5-16(12-26)25-15-2-1-13-10-27(11-14(13)7-15)34(32,33)20-4-3-17(28)8-19(20)29/h1-4,7-8,16,18,25,28-29H,5-6,9-12,23H2,(H2,24,30)/t16-,18-/m0/s1.